The van der Waals surface area contributed by atoms with Gasteiger partial charge in [-0.3, -0.25) is 4.98 Å². The predicted molar refractivity (Wildman–Crippen MR) is 106 cm³/mol. The highest BCUT2D eigenvalue weighted by Crippen LogP contribution is 2.26. The monoisotopic (exact) mass is 367 g/mol. The third-order valence-electron chi connectivity index (χ3n) is 4.82. The number of aromatic amines is 1. The zero-order chi connectivity index (χ0) is 18.8. The van der Waals surface area contributed by atoms with Gasteiger partial charge in [0.05, 0.1) is 23.7 Å². The second-order valence-corrected chi connectivity index (χ2v) is 7.30. The minimum Gasteiger partial charge on any atom is -0.391 e. The van der Waals surface area contributed by atoms with E-state index in [2.05, 4.69) is 35.1 Å². The Bertz CT molecular complexity index is 877. The molecule has 4 heterocycles. The van der Waals surface area contributed by atoms with Crippen molar-refractivity contribution in [3.63, 3.8) is 0 Å². The predicted octanol–water partition coefficient (Wildman–Crippen LogP) is 1.47. The number of aliphatic hydroxyl groups is 1. The summed E-state index contributed by atoms with van der Waals surface area (Å²) in [7, 11) is 4.09. The van der Waals surface area contributed by atoms with Crippen LogP contribution in [0.3, 0.4) is 0 Å². The van der Waals surface area contributed by atoms with Crippen LogP contribution in [0.15, 0.2) is 36.8 Å². The van der Waals surface area contributed by atoms with E-state index in [1.165, 1.54) is 0 Å². The van der Waals surface area contributed by atoms with Gasteiger partial charge in [0, 0.05) is 37.1 Å². The zero-order valence-electron chi connectivity index (χ0n) is 15.6. The van der Waals surface area contributed by atoms with E-state index in [1.54, 1.807) is 12.5 Å². The number of pyridine rings is 1. The molecule has 3 aromatic rings. The number of H-pyrrole nitrogens is 1. The minimum absolute atomic E-state index is 0.248. The van der Waals surface area contributed by atoms with Crippen molar-refractivity contribution in [2.45, 2.75) is 25.1 Å². The first-order valence-electron chi connectivity index (χ1n) is 9.16. The van der Waals surface area contributed by atoms with E-state index in [1.807, 2.05) is 38.4 Å². The van der Waals surface area contributed by atoms with Crippen LogP contribution in [0.2, 0.25) is 0 Å². The standard InChI is InChI=1S/C19H25N7O/c1-25(2)10-14-7-15(27)11-26(14)19-8-18(22-12-23-19)21-9-13-6-17-16(24-13)4-3-5-20-17/h3-6,8,12,14-15,24,27H,7,9-11H2,1-2H3,(H,21,22,23)/t14-,15-/m1/s1. The summed E-state index contributed by atoms with van der Waals surface area (Å²) in [4.78, 5) is 20.8. The second kappa shape index (κ2) is 7.50. The van der Waals surface area contributed by atoms with Crippen LogP contribution < -0.4 is 10.2 Å². The van der Waals surface area contributed by atoms with Gasteiger partial charge in [-0.15, -0.1) is 0 Å². The lowest BCUT2D eigenvalue weighted by Crippen LogP contribution is -2.38. The number of rotatable bonds is 6. The van der Waals surface area contributed by atoms with Crippen LogP contribution in [0.5, 0.6) is 0 Å². The minimum atomic E-state index is -0.319. The van der Waals surface area contributed by atoms with Crippen LogP contribution in [0.1, 0.15) is 12.1 Å². The molecule has 0 unspecified atom stereocenters. The molecule has 0 aliphatic carbocycles. The van der Waals surface area contributed by atoms with Gasteiger partial charge in [0.2, 0.25) is 0 Å². The number of aromatic nitrogens is 4. The molecule has 27 heavy (non-hydrogen) atoms. The molecule has 1 fully saturated rings. The molecule has 0 saturated carbocycles. The maximum atomic E-state index is 10.1. The first-order valence-corrected chi connectivity index (χ1v) is 9.16. The molecule has 1 saturated heterocycles. The van der Waals surface area contributed by atoms with E-state index >= 15 is 0 Å². The average Bonchev–Trinajstić information content (AvgIpc) is 3.22. The third-order valence-corrected chi connectivity index (χ3v) is 4.82. The Hall–Kier alpha value is -2.71. The molecule has 4 rings (SSSR count). The van der Waals surface area contributed by atoms with Crippen molar-refractivity contribution in [3.8, 4) is 0 Å². The Balaban J connectivity index is 1.47. The molecule has 1 aliphatic rings. The molecular formula is C19H25N7O. The van der Waals surface area contributed by atoms with Gasteiger partial charge >= 0.3 is 0 Å². The van der Waals surface area contributed by atoms with Crippen LogP contribution in [-0.4, -0.2) is 69.3 Å². The molecule has 3 N–H and O–H groups in total. The highest BCUT2D eigenvalue weighted by molar-refractivity contribution is 5.75. The summed E-state index contributed by atoms with van der Waals surface area (Å²) in [6.45, 7) is 2.10. The van der Waals surface area contributed by atoms with E-state index in [9.17, 15) is 5.11 Å². The topological polar surface area (TPSA) is 93.2 Å². The lowest BCUT2D eigenvalue weighted by atomic mass is 10.2. The summed E-state index contributed by atoms with van der Waals surface area (Å²) in [6.07, 6.45) is 3.80. The molecule has 0 aromatic carbocycles. The number of aliphatic hydroxyl groups excluding tert-OH is 1. The Labute approximate surface area is 158 Å². The third kappa shape index (κ3) is 4.01. The number of fused-ring (bicyclic) bond motifs is 1. The molecule has 0 radical (unpaired) electrons. The normalized spacial score (nSPS) is 19.9. The molecule has 1 aliphatic heterocycles. The van der Waals surface area contributed by atoms with E-state index in [-0.39, 0.29) is 12.1 Å². The molecule has 8 nitrogen and oxygen atoms in total. The number of likely N-dealkylation sites (N-methyl/N-ethyl adjacent to an activating group) is 1. The van der Waals surface area contributed by atoms with Gasteiger partial charge in [-0.1, -0.05) is 0 Å². The van der Waals surface area contributed by atoms with E-state index in [0.717, 1.165) is 41.3 Å². The van der Waals surface area contributed by atoms with Crippen molar-refractivity contribution < 1.29 is 5.11 Å². The Morgan fingerprint density at radius 1 is 1.30 bits per heavy atom. The van der Waals surface area contributed by atoms with Gasteiger partial charge in [0.25, 0.3) is 0 Å². The summed E-state index contributed by atoms with van der Waals surface area (Å²) < 4.78 is 0. The summed E-state index contributed by atoms with van der Waals surface area (Å²) in [6, 6.07) is 8.16. The molecular weight excluding hydrogens is 342 g/mol. The number of hydrogen-bond donors (Lipinski definition) is 3. The summed E-state index contributed by atoms with van der Waals surface area (Å²) in [5, 5.41) is 13.4. The van der Waals surface area contributed by atoms with Crippen LogP contribution in [0.25, 0.3) is 11.0 Å². The number of nitrogens with zero attached hydrogens (tertiary/aromatic N) is 5. The van der Waals surface area contributed by atoms with Crippen LogP contribution in [-0.2, 0) is 6.54 Å². The molecule has 142 valence electrons. The first-order chi connectivity index (χ1) is 13.1. The lowest BCUT2D eigenvalue weighted by molar-refractivity contribution is 0.191. The zero-order valence-corrected chi connectivity index (χ0v) is 15.6. The van der Waals surface area contributed by atoms with Gasteiger partial charge < -0.3 is 25.2 Å². The van der Waals surface area contributed by atoms with Gasteiger partial charge in [-0.25, -0.2) is 9.97 Å². The lowest BCUT2D eigenvalue weighted by Gasteiger charge is -2.27. The molecule has 0 amide bonds. The fourth-order valence-electron chi connectivity index (χ4n) is 3.66. The van der Waals surface area contributed by atoms with Crippen molar-refractivity contribution >= 4 is 22.7 Å². The van der Waals surface area contributed by atoms with Gasteiger partial charge in [-0.05, 0) is 38.7 Å². The Morgan fingerprint density at radius 3 is 3.00 bits per heavy atom. The summed E-state index contributed by atoms with van der Waals surface area (Å²) in [5.41, 5.74) is 3.02. The fraction of sp³-hybridized carbons (Fsp3) is 0.421. The Kier molecular flexibility index (Phi) is 4.91. The van der Waals surface area contributed by atoms with Crippen molar-refractivity contribution in [2.75, 3.05) is 37.4 Å². The van der Waals surface area contributed by atoms with E-state index in [0.29, 0.717) is 13.1 Å². The molecule has 0 spiro atoms. The van der Waals surface area contributed by atoms with Gasteiger partial charge in [0.1, 0.15) is 18.0 Å². The maximum absolute atomic E-state index is 10.1. The van der Waals surface area contributed by atoms with Crippen molar-refractivity contribution in [1.29, 1.82) is 0 Å². The summed E-state index contributed by atoms with van der Waals surface area (Å²) >= 11 is 0. The van der Waals surface area contributed by atoms with Crippen LogP contribution in [0.4, 0.5) is 11.6 Å². The fourth-order valence-corrected chi connectivity index (χ4v) is 3.66. The van der Waals surface area contributed by atoms with Crippen molar-refractivity contribution in [3.05, 3.63) is 42.5 Å². The van der Waals surface area contributed by atoms with Crippen molar-refractivity contribution in [2.24, 2.45) is 0 Å². The largest absolute Gasteiger partial charge is 0.391 e. The van der Waals surface area contributed by atoms with E-state index in [4.69, 9.17) is 0 Å². The molecule has 3 aromatic heterocycles. The molecule has 8 heteroatoms. The Morgan fingerprint density at radius 2 is 2.19 bits per heavy atom. The average molecular weight is 367 g/mol. The van der Waals surface area contributed by atoms with Gasteiger partial charge in [0.15, 0.2) is 0 Å². The highest BCUT2D eigenvalue weighted by atomic mass is 16.3. The highest BCUT2D eigenvalue weighted by Gasteiger charge is 2.32. The number of hydrogen-bond acceptors (Lipinski definition) is 7. The smallest absolute Gasteiger partial charge is 0.134 e. The number of anilines is 2. The maximum Gasteiger partial charge on any atom is 0.134 e. The second-order valence-electron chi connectivity index (χ2n) is 7.30. The van der Waals surface area contributed by atoms with E-state index < -0.39 is 0 Å². The number of β-amino-alcohol motifs (C(OH)–C–C–N with tert-alkyl or cyclic N) is 1. The quantitative estimate of drug-likeness (QED) is 0.607. The number of nitrogens with one attached hydrogen (secondary N) is 2. The van der Waals surface area contributed by atoms with Gasteiger partial charge in [-0.2, -0.15) is 0 Å². The van der Waals surface area contributed by atoms with Crippen LogP contribution >= 0.6 is 0 Å². The van der Waals surface area contributed by atoms with Crippen LogP contribution in [0, 0.1) is 0 Å². The first kappa shape index (κ1) is 17.7. The summed E-state index contributed by atoms with van der Waals surface area (Å²) in [5.74, 6) is 1.60. The molecule has 0 bridgehead atoms. The molecule has 2 atom stereocenters. The van der Waals surface area contributed by atoms with Crippen molar-refractivity contribution in [1.82, 2.24) is 24.8 Å². The SMILES string of the molecule is CN(C)C[C@H]1C[C@@H](O)CN1c1cc(NCc2cc3ncccc3[nH]2)ncn1.